The van der Waals surface area contributed by atoms with E-state index in [0.29, 0.717) is 12.0 Å². The topological polar surface area (TPSA) is 30.5 Å². The van der Waals surface area contributed by atoms with Crippen LogP contribution in [0, 0.1) is 5.92 Å². The minimum Gasteiger partial charge on any atom is -0.379 e. The van der Waals surface area contributed by atoms with Gasteiger partial charge in [0, 0.05) is 19.8 Å². The fraction of sp³-hybridized carbons (Fsp3) is 1.00. The molecule has 2 heterocycles. The van der Waals surface area contributed by atoms with Gasteiger partial charge in [-0.2, -0.15) is 11.8 Å². The second-order valence-electron chi connectivity index (χ2n) is 6.96. The van der Waals surface area contributed by atoms with Gasteiger partial charge in [0.2, 0.25) is 0 Å². The number of nitrogens with one attached hydrogen (secondary N) is 1. The molecule has 3 nitrogen and oxygen atoms in total. The summed E-state index contributed by atoms with van der Waals surface area (Å²) in [7, 11) is 3.91. The van der Waals surface area contributed by atoms with E-state index in [4.69, 9.17) is 9.47 Å². The van der Waals surface area contributed by atoms with Crippen molar-refractivity contribution in [2.24, 2.45) is 5.92 Å². The highest BCUT2D eigenvalue weighted by Crippen LogP contribution is 2.41. The fourth-order valence-electron chi connectivity index (χ4n) is 3.62. The molecule has 2 fully saturated rings. The molecule has 2 aliphatic rings. The van der Waals surface area contributed by atoms with Crippen LogP contribution >= 0.6 is 11.8 Å². The SMILES string of the molecule is CNC(CC(C)(C)OC)C1CCOC2(CCSCC2)C1. The van der Waals surface area contributed by atoms with Gasteiger partial charge in [0.15, 0.2) is 0 Å². The predicted molar refractivity (Wildman–Crippen MR) is 86.5 cm³/mol. The maximum atomic E-state index is 6.22. The minimum absolute atomic E-state index is 0.0540. The van der Waals surface area contributed by atoms with E-state index < -0.39 is 0 Å². The molecule has 0 aromatic rings. The van der Waals surface area contributed by atoms with Crippen LogP contribution in [-0.2, 0) is 9.47 Å². The van der Waals surface area contributed by atoms with E-state index in [-0.39, 0.29) is 11.2 Å². The Bertz CT molecular complexity index is 297. The largest absolute Gasteiger partial charge is 0.379 e. The van der Waals surface area contributed by atoms with Gasteiger partial charge in [-0.25, -0.2) is 0 Å². The van der Waals surface area contributed by atoms with E-state index >= 15 is 0 Å². The van der Waals surface area contributed by atoms with Crippen LogP contribution in [0.15, 0.2) is 0 Å². The molecule has 2 unspecified atom stereocenters. The first-order valence-corrected chi connectivity index (χ1v) is 9.10. The van der Waals surface area contributed by atoms with Crippen LogP contribution < -0.4 is 5.32 Å². The Kier molecular flexibility index (Phi) is 5.80. The Labute approximate surface area is 128 Å². The fourth-order valence-corrected chi connectivity index (χ4v) is 4.86. The summed E-state index contributed by atoms with van der Waals surface area (Å²) in [5.41, 5.74) is 0.127. The molecule has 0 radical (unpaired) electrons. The highest BCUT2D eigenvalue weighted by atomic mass is 32.2. The smallest absolute Gasteiger partial charge is 0.0701 e. The van der Waals surface area contributed by atoms with Crippen molar-refractivity contribution >= 4 is 11.8 Å². The molecule has 0 amide bonds. The van der Waals surface area contributed by atoms with Gasteiger partial charge in [-0.1, -0.05) is 0 Å². The Morgan fingerprint density at radius 2 is 2.10 bits per heavy atom. The van der Waals surface area contributed by atoms with Crippen molar-refractivity contribution in [3.05, 3.63) is 0 Å². The minimum atomic E-state index is -0.0540. The van der Waals surface area contributed by atoms with Gasteiger partial charge in [-0.15, -0.1) is 0 Å². The first kappa shape index (κ1) is 16.6. The first-order chi connectivity index (χ1) is 9.50. The van der Waals surface area contributed by atoms with E-state index in [1.807, 2.05) is 7.11 Å². The standard InChI is InChI=1S/C16H31NO2S/c1-15(2,18-4)12-14(17-3)13-5-8-19-16(11-13)6-9-20-10-7-16/h13-14,17H,5-12H2,1-4H3. The van der Waals surface area contributed by atoms with Gasteiger partial charge in [-0.3, -0.25) is 0 Å². The number of hydrogen-bond acceptors (Lipinski definition) is 4. The zero-order chi connectivity index (χ0) is 14.6. The van der Waals surface area contributed by atoms with Crippen LogP contribution in [0.4, 0.5) is 0 Å². The summed E-state index contributed by atoms with van der Waals surface area (Å²) in [6, 6.07) is 0.528. The molecule has 0 saturated carbocycles. The van der Waals surface area contributed by atoms with Gasteiger partial charge < -0.3 is 14.8 Å². The molecular formula is C16H31NO2S. The number of hydrogen-bond donors (Lipinski definition) is 1. The van der Waals surface area contributed by atoms with Gasteiger partial charge in [0.1, 0.15) is 0 Å². The van der Waals surface area contributed by atoms with Crippen molar-refractivity contribution in [3.63, 3.8) is 0 Å². The highest BCUT2D eigenvalue weighted by molar-refractivity contribution is 7.99. The van der Waals surface area contributed by atoms with Gasteiger partial charge in [-0.05, 0) is 70.4 Å². The number of methoxy groups -OCH3 is 1. The van der Waals surface area contributed by atoms with Gasteiger partial charge >= 0.3 is 0 Å². The molecule has 0 bridgehead atoms. The van der Waals surface area contributed by atoms with E-state index in [1.165, 1.54) is 37.2 Å². The quantitative estimate of drug-likeness (QED) is 0.845. The normalized spacial score (nSPS) is 28.5. The summed E-state index contributed by atoms with van der Waals surface area (Å²) >= 11 is 2.08. The second kappa shape index (κ2) is 6.99. The van der Waals surface area contributed by atoms with Crippen molar-refractivity contribution in [1.82, 2.24) is 5.32 Å². The van der Waals surface area contributed by atoms with Gasteiger partial charge in [0.05, 0.1) is 11.2 Å². The summed E-state index contributed by atoms with van der Waals surface area (Å²) in [5.74, 6) is 3.24. The lowest BCUT2D eigenvalue weighted by Gasteiger charge is -2.46. The maximum absolute atomic E-state index is 6.22. The third-order valence-electron chi connectivity index (χ3n) is 5.14. The van der Waals surface area contributed by atoms with Gasteiger partial charge in [0.25, 0.3) is 0 Å². The molecule has 20 heavy (non-hydrogen) atoms. The third-order valence-corrected chi connectivity index (χ3v) is 6.12. The average Bonchev–Trinajstić information content (AvgIpc) is 2.46. The number of thioether (sulfide) groups is 1. The van der Waals surface area contributed by atoms with Crippen LogP contribution in [-0.4, -0.2) is 49.5 Å². The molecule has 2 atom stereocenters. The molecule has 2 saturated heterocycles. The van der Waals surface area contributed by atoms with Crippen LogP contribution in [0.1, 0.15) is 46.0 Å². The molecule has 118 valence electrons. The summed E-state index contributed by atoms with van der Waals surface area (Å²) < 4.78 is 11.8. The Hall–Kier alpha value is 0.230. The summed E-state index contributed by atoms with van der Waals surface area (Å²) in [4.78, 5) is 0. The predicted octanol–water partition coefficient (Wildman–Crippen LogP) is 3.08. The molecular weight excluding hydrogens is 270 g/mol. The maximum Gasteiger partial charge on any atom is 0.0701 e. The molecule has 0 aromatic carbocycles. The van der Waals surface area contributed by atoms with E-state index in [1.54, 1.807) is 0 Å². The average molecular weight is 301 g/mol. The Morgan fingerprint density at radius 3 is 2.70 bits per heavy atom. The van der Waals surface area contributed by atoms with Crippen LogP contribution in [0.2, 0.25) is 0 Å². The van der Waals surface area contributed by atoms with E-state index in [2.05, 4.69) is 38.0 Å². The van der Waals surface area contributed by atoms with Crippen LogP contribution in [0.5, 0.6) is 0 Å². The number of ether oxygens (including phenoxy) is 2. The zero-order valence-electron chi connectivity index (χ0n) is 13.5. The highest BCUT2D eigenvalue weighted by Gasteiger charge is 2.41. The Balaban J connectivity index is 1.98. The molecule has 1 spiro atoms. The van der Waals surface area contributed by atoms with Crippen molar-refractivity contribution in [1.29, 1.82) is 0 Å². The summed E-state index contributed by atoms with van der Waals surface area (Å²) in [5, 5.41) is 3.54. The monoisotopic (exact) mass is 301 g/mol. The zero-order valence-corrected chi connectivity index (χ0v) is 14.4. The lowest BCUT2D eigenvalue weighted by Crippen LogP contribution is -2.49. The number of rotatable bonds is 5. The molecule has 1 N–H and O–H groups in total. The lowest BCUT2D eigenvalue weighted by molar-refractivity contribution is -0.111. The first-order valence-electron chi connectivity index (χ1n) is 7.94. The molecule has 4 heteroatoms. The van der Waals surface area contributed by atoms with Crippen LogP contribution in [0.25, 0.3) is 0 Å². The Morgan fingerprint density at radius 1 is 1.40 bits per heavy atom. The van der Waals surface area contributed by atoms with Crippen LogP contribution in [0.3, 0.4) is 0 Å². The molecule has 2 rings (SSSR count). The summed E-state index contributed by atoms with van der Waals surface area (Å²) in [6.45, 7) is 5.30. The van der Waals surface area contributed by atoms with E-state index in [9.17, 15) is 0 Å². The lowest BCUT2D eigenvalue weighted by atomic mass is 9.76. The molecule has 0 aromatic heterocycles. The molecule has 0 aliphatic carbocycles. The third kappa shape index (κ3) is 4.12. The van der Waals surface area contributed by atoms with Crippen molar-refractivity contribution < 1.29 is 9.47 Å². The van der Waals surface area contributed by atoms with Crippen molar-refractivity contribution in [2.75, 3.05) is 32.3 Å². The summed E-state index contributed by atoms with van der Waals surface area (Å²) in [6.07, 6.45) is 5.94. The second-order valence-corrected chi connectivity index (χ2v) is 8.18. The molecule has 2 aliphatic heterocycles. The van der Waals surface area contributed by atoms with E-state index in [0.717, 1.165) is 13.0 Å². The van der Waals surface area contributed by atoms with Crippen molar-refractivity contribution in [2.45, 2.75) is 63.2 Å². The van der Waals surface area contributed by atoms with Crippen molar-refractivity contribution in [3.8, 4) is 0 Å².